The summed E-state index contributed by atoms with van der Waals surface area (Å²) in [5.41, 5.74) is 5.44. The minimum atomic E-state index is -0.0862. The van der Waals surface area contributed by atoms with Crippen molar-refractivity contribution in [1.29, 1.82) is 0 Å². The molecule has 0 radical (unpaired) electrons. The molecule has 176 valence electrons. The number of carbonyl (C=O) groups is 1. The zero-order chi connectivity index (χ0) is 24.3. The first kappa shape index (κ1) is 23.8. The molecule has 0 aliphatic rings. The van der Waals surface area contributed by atoms with E-state index in [1.807, 2.05) is 41.8 Å². The lowest BCUT2D eigenvalue weighted by Crippen LogP contribution is -2.15. The molecule has 0 saturated carbocycles. The van der Waals surface area contributed by atoms with Crippen LogP contribution in [0, 0.1) is 13.8 Å². The second-order valence-electron chi connectivity index (χ2n) is 9.43. The van der Waals surface area contributed by atoms with Crippen LogP contribution in [0.15, 0.2) is 70.4 Å². The Morgan fingerprint density at radius 2 is 1.79 bits per heavy atom. The largest absolute Gasteiger partial charge is 0.467 e. The molecule has 2 aromatic heterocycles. The van der Waals surface area contributed by atoms with E-state index in [1.54, 1.807) is 6.26 Å². The van der Waals surface area contributed by atoms with Gasteiger partial charge in [-0.3, -0.25) is 9.36 Å². The number of nitrogens with one attached hydrogen (secondary N) is 1. The molecule has 0 aliphatic carbocycles. The predicted octanol–water partition coefficient (Wildman–Crippen LogP) is 6.23. The maximum atomic E-state index is 12.6. The number of anilines is 1. The molecular formula is C27H30N4O2S. The van der Waals surface area contributed by atoms with Crippen molar-refractivity contribution in [3.8, 4) is 11.4 Å². The predicted molar refractivity (Wildman–Crippen MR) is 137 cm³/mol. The van der Waals surface area contributed by atoms with Gasteiger partial charge in [-0.1, -0.05) is 62.9 Å². The van der Waals surface area contributed by atoms with Gasteiger partial charge in [0.1, 0.15) is 5.76 Å². The van der Waals surface area contributed by atoms with E-state index in [9.17, 15) is 4.79 Å². The Hall–Kier alpha value is -3.32. The van der Waals surface area contributed by atoms with E-state index in [2.05, 4.69) is 67.5 Å². The summed E-state index contributed by atoms with van der Waals surface area (Å²) in [6.07, 6.45) is 1.65. The van der Waals surface area contributed by atoms with Gasteiger partial charge in [0.05, 0.1) is 18.6 Å². The van der Waals surface area contributed by atoms with Gasteiger partial charge in [0.2, 0.25) is 5.91 Å². The molecule has 34 heavy (non-hydrogen) atoms. The van der Waals surface area contributed by atoms with E-state index in [-0.39, 0.29) is 17.1 Å². The Kier molecular flexibility index (Phi) is 6.93. The lowest BCUT2D eigenvalue weighted by Gasteiger charge is -2.19. The van der Waals surface area contributed by atoms with E-state index < -0.39 is 0 Å². The van der Waals surface area contributed by atoms with Crippen LogP contribution in [0.1, 0.15) is 43.2 Å². The molecule has 0 bridgehead atoms. The Morgan fingerprint density at radius 3 is 2.44 bits per heavy atom. The van der Waals surface area contributed by atoms with E-state index in [1.165, 1.54) is 22.9 Å². The van der Waals surface area contributed by atoms with Crippen molar-refractivity contribution in [3.63, 3.8) is 0 Å². The standard InChI is InChI=1S/C27H30N4O2S/c1-18-8-13-22(15-19(18)2)28-24(32)17-34-26-30-29-25(31(26)16-23-7-6-14-33-23)20-9-11-21(12-10-20)27(3,4)5/h6-15H,16-17H2,1-5H3,(H,28,32). The number of thioether (sulfide) groups is 1. The molecular weight excluding hydrogens is 444 g/mol. The van der Waals surface area contributed by atoms with E-state index in [0.29, 0.717) is 11.7 Å². The summed E-state index contributed by atoms with van der Waals surface area (Å²) in [6, 6.07) is 18.1. The van der Waals surface area contributed by atoms with E-state index >= 15 is 0 Å². The number of nitrogens with zero attached hydrogens (tertiary/aromatic N) is 3. The number of aryl methyl sites for hydroxylation is 2. The normalized spacial score (nSPS) is 11.6. The molecule has 2 heterocycles. The van der Waals surface area contributed by atoms with Gasteiger partial charge in [0.25, 0.3) is 0 Å². The first-order chi connectivity index (χ1) is 16.2. The maximum Gasteiger partial charge on any atom is 0.234 e. The summed E-state index contributed by atoms with van der Waals surface area (Å²) in [4.78, 5) is 12.6. The number of benzene rings is 2. The molecule has 1 amide bonds. The molecule has 0 spiro atoms. The third kappa shape index (κ3) is 5.59. The van der Waals surface area contributed by atoms with Gasteiger partial charge in [0, 0.05) is 11.3 Å². The zero-order valence-corrected chi connectivity index (χ0v) is 21.1. The van der Waals surface area contributed by atoms with Crippen molar-refractivity contribution in [2.45, 2.75) is 51.7 Å². The minimum absolute atomic E-state index is 0.0741. The maximum absolute atomic E-state index is 12.6. The molecule has 0 atom stereocenters. The summed E-state index contributed by atoms with van der Waals surface area (Å²) in [5, 5.41) is 12.5. The highest BCUT2D eigenvalue weighted by Gasteiger charge is 2.19. The van der Waals surface area contributed by atoms with Crippen LogP contribution >= 0.6 is 11.8 Å². The summed E-state index contributed by atoms with van der Waals surface area (Å²) in [7, 11) is 0. The fraction of sp³-hybridized carbons (Fsp3) is 0.296. The van der Waals surface area contributed by atoms with Crippen molar-refractivity contribution in [2.24, 2.45) is 0 Å². The van der Waals surface area contributed by atoms with Crippen LogP contribution in [0.4, 0.5) is 5.69 Å². The average molecular weight is 475 g/mol. The number of rotatable bonds is 7. The monoisotopic (exact) mass is 474 g/mol. The van der Waals surface area contributed by atoms with Gasteiger partial charge in [-0.05, 0) is 60.2 Å². The minimum Gasteiger partial charge on any atom is -0.467 e. The molecule has 0 saturated heterocycles. The highest BCUT2D eigenvalue weighted by molar-refractivity contribution is 7.99. The van der Waals surface area contributed by atoms with Crippen LogP contribution in [0.3, 0.4) is 0 Å². The topological polar surface area (TPSA) is 73.0 Å². The molecule has 0 fully saturated rings. The number of carbonyl (C=O) groups excluding carboxylic acids is 1. The summed E-state index contributed by atoms with van der Waals surface area (Å²) in [5.74, 6) is 1.69. The van der Waals surface area contributed by atoms with Crippen molar-refractivity contribution < 1.29 is 9.21 Å². The molecule has 4 rings (SSSR count). The van der Waals surface area contributed by atoms with Gasteiger partial charge >= 0.3 is 0 Å². The zero-order valence-electron chi connectivity index (χ0n) is 20.3. The van der Waals surface area contributed by atoms with Gasteiger partial charge in [-0.25, -0.2) is 0 Å². The number of aromatic nitrogens is 3. The van der Waals surface area contributed by atoms with Crippen molar-refractivity contribution in [3.05, 3.63) is 83.3 Å². The third-order valence-electron chi connectivity index (χ3n) is 5.74. The van der Waals surface area contributed by atoms with Crippen LogP contribution < -0.4 is 5.32 Å². The van der Waals surface area contributed by atoms with Crippen molar-refractivity contribution in [2.75, 3.05) is 11.1 Å². The van der Waals surface area contributed by atoms with Crippen LogP contribution in [0.2, 0.25) is 0 Å². The molecule has 4 aromatic rings. The molecule has 0 aliphatic heterocycles. The molecule has 6 nitrogen and oxygen atoms in total. The fourth-order valence-corrected chi connectivity index (χ4v) is 4.31. The van der Waals surface area contributed by atoms with Crippen LogP contribution in [0.5, 0.6) is 0 Å². The molecule has 0 unspecified atom stereocenters. The molecule has 7 heteroatoms. The number of hydrogen-bond acceptors (Lipinski definition) is 5. The Balaban J connectivity index is 1.54. The third-order valence-corrected chi connectivity index (χ3v) is 6.71. The Morgan fingerprint density at radius 1 is 1.03 bits per heavy atom. The first-order valence-electron chi connectivity index (χ1n) is 11.3. The highest BCUT2D eigenvalue weighted by atomic mass is 32.2. The average Bonchev–Trinajstić information content (AvgIpc) is 3.45. The highest BCUT2D eigenvalue weighted by Crippen LogP contribution is 2.28. The van der Waals surface area contributed by atoms with E-state index in [0.717, 1.165) is 28.4 Å². The summed E-state index contributed by atoms with van der Waals surface area (Å²) in [6.45, 7) is 11.2. The number of furan rings is 1. The number of amides is 1. The van der Waals surface area contributed by atoms with Gasteiger partial charge in [0.15, 0.2) is 11.0 Å². The Bertz CT molecular complexity index is 1270. The Labute approximate surface area is 204 Å². The number of hydrogen-bond donors (Lipinski definition) is 1. The van der Waals surface area contributed by atoms with Gasteiger partial charge < -0.3 is 9.73 Å². The van der Waals surface area contributed by atoms with Crippen LogP contribution in [-0.4, -0.2) is 26.4 Å². The fourth-order valence-electron chi connectivity index (χ4n) is 3.58. The summed E-state index contributed by atoms with van der Waals surface area (Å²) < 4.78 is 7.58. The van der Waals surface area contributed by atoms with Crippen LogP contribution in [-0.2, 0) is 16.8 Å². The SMILES string of the molecule is Cc1ccc(NC(=O)CSc2nnc(-c3ccc(C(C)(C)C)cc3)n2Cc2ccco2)cc1C. The lowest BCUT2D eigenvalue weighted by molar-refractivity contribution is -0.113. The molecule has 2 aromatic carbocycles. The van der Waals surface area contributed by atoms with Gasteiger partial charge in [-0.15, -0.1) is 10.2 Å². The second-order valence-corrected chi connectivity index (χ2v) is 10.4. The smallest absolute Gasteiger partial charge is 0.234 e. The van der Waals surface area contributed by atoms with E-state index in [4.69, 9.17) is 4.42 Å². The first-order valence-corrected chi connectivity index (χ1v) is 12.3. The van der Waals surface area contributed by atoms with Crippen molar-refractivity contribution >= 4 is 23.4 Å². The quantitative estimate of drug-likeness (QED) is 0.321. The van der Waals surface area contributed by atoms with Crippen LogP contribution in [0.25, 0.3) is 11.4 Å². The molecule has 1 N–H and O–H groups in total. The lowest BCUT2D eigenvalue weighted by atomic mass is 9.87. The second kappa shape index (κ2) is 9.89. The van der Waals surface area contributed by atoms with Gasteiger partial charge in [-0.2, -0.15) is 0 Å². The summed E-state index contributed by atoms with van der Waals surface area (Å²) >= 11 is 1.36. The van der Waals surface area contributed by atoms with Crippen molar-refractivity contribution in [1.82, 2.24) is 14.8 Å².